The fourth-order valence-corrected chi connectivity index (χ4v) is 1.20. The van der Waals surface area contributed by atoms with E-state index in [0.29, 0.717) is 5.82 Å². The van der Waals surface area contributed by atoms with Crippen molar-refractivity contribution in [3.8, 4) is 0 Å². The van der Waals surface area contributed by atoms with E-state index in [4.69, 9.17) is 0 Å². The maximum Gasteiger partial charge on any atom is 0.260 e. The van der Waals surface area contributed by atoms with Crippen LogP contribution in [0.4, 0.5) is 0 Å². The number of fused-ring (bicyclic) bond motifs is 1. The fourth-order valence-electron chi connectivity index (χ4n) is 1.20. The summed E-state index contributed by atoms with van der Waals surface area (Å²) in [6, 6.07) is 7.36. The van der Waals surface area contributed by atoms with Crippen LogP contribution in [-0.4, -0.2) is 14.9 Å². The minimum Gasteiger partial charge on any atom is -0.336 e. The van der Waals surface area contributed by atoms with Gasteiger partial charge in [-0.3, -0.25) is 10.1 Å². The number of benzene rings is 1. The monoisotopic (exact) mass is 177 g/mol. The van der Waals surface area contributed by atoms with Gasteiger partial charge in [0.05, 0.1) is 11.0 Å². The van der Waals surface area contributed by atoms with E-state index in [1.54, 1.807) is 0 Å². The van der Waals surface area contributed by atoms with Crippen molar-refractivity contribution in [1.29, 1.82) is 0 Å². The lowest BCUT2D eigenvalue weighted by Gasteiger charge is -1.85. The number of hydrogen-bond acceptors (Lipinski definition) is 3. The average Bonchev–Trinajstić information content (AvgIpc) is 2.44. The van der Waals surface area contributed by atoms with Crippen LogP contribution in [0.25, 0.3) is 11.0 Å². The third-order valence-electron chi connectivity index (χ3n) is 1.72. The first kappa shape index (κ1) is 7.72. The van der Waals surface area contributed by atoms with Crippen molar-refractivity contribution in [2.45, 2.75) is 6.54 Å². The van der Waals surface area contributed by atoms with Gasteiger partial charge in [0.15, 0.2) is 5.82 Å². The molecule has 1 aromatic heterocycles. The number of aromatic amines is 1. The van der Waals surface area contributed by atoms with Crippen LogP contribution in [-0.2, 0) is 6.54 Å². The first-order valence-corrected chi connectivity index (χ1v) is 3.81. The number of nitrogens with zero attached hydrogens (tertiary/aromatic N) is 2. The molecule has 5 nitrogen and oxygen atoms in total. The van der Waals surface area contributed by atoms with Gasteiger partial charge in [-0.1, -0.05) is 12.1 Å². The Kier molecular flexibility index (Phi) is 1.70. The second kappa shape index (κ2) is 2.85. The minimum atomic E-state index is -0.405. The van der Waals surface area contributed by atoms with E-state index in [9.17, 15) is 10.1 Å². The first-order valence-electron chi connectivity index (χ1n) is 3.81. The van der Waals surface area contributed by atoms with E-state index in [-0.39, 0.29) is 6.54 Å². The molecule has 66 valence electrons. The smallest absolute Gasteiger partial charge is 0.260 e. The van der Waals surface area contributed by atoms with Crippen molar-refractivity contribution in [3.05, 3.63) is 40.2 Å². The molecule has 0 atom stereocenters. The second-order valence-corrected chi connectivity index (χ2v) is 2.69. The lowest BCUT2D eigenvalue weighted by molar-refractivity contribution is -0.498. The van der Waals surface area contributed by atoms with Crippen LogP contribution in [0.15, 0.2) is 24.3 Å². The molecular formula is C8H7N3O2. The summed E-state index contributed by atoms with van der Waals surface area (Å²) >= 11 is 0. The van der Waals surface area contributed by atoms with Gasteiger partial charge in [0.25, 0.3) is 6.54 Å². The summed E-state index contributed by atoms with van der Waals surface area (Å²) in [5.74, 6) is 0.395. The fraction of sp³-hybridized carbons (Fsp3) is 0.125. The van der Waals surface area contributed by atoms with Gasteiger partial charge in [0.2, 0.25) is 0 Å². The van der Waals surface area contributed by atoms with Gasteiger partial charge in [-0.05, 0) is 12.1 Å². The third kappa shape index (κ3) is 1.48. The van der Waals surface area contributed by atoms with Gasteiger partial charge in [-0.2, -0.15) is 0 Å². The summed E-state index contributed by atoms with van der Waals surface area (Å²) in [5.41, 5.74) is 1.60. The van der Waals surface area contributed by atoms with E-state index in [0.717, 1.165) is 11.0 Å². The molecule has 5 heteroatoms. The first-order chi connectivity index (χ1) is 6.25. The summed E-state index contributed by atoms with van der Waals surface area (Å²) in [5, 5.41) is 10.2. The maximum atomic E-state index is 10.2. The van der Waals surface area contributed by atoms with Gasteiger partial charge >= 0.3 is 0 Å². The van der Waals surface area contributed by atoms with Crippen molar-refractivity contribution in [1.82, 2.24) is 9.97 Å². The summed E-state index contributed by atoms with van der Waals surface area (Å²) in [7, 11) is 0. The summed E-state index contributed by atoms with van der Waals surface area (Å²) in [6.45, 7) is -0.255. The van der Waals surface area contributed by atoms with Crippen molar-refractivity contribution in [2.24, 2.45) is 0 Å². The van der Waals surface area contributed by atoms with E-state index in [2.05, 4.69) is 9.97 Å². The number of H-pyrrole nitrogens is 1. The van der Waals surface area contributed by atoms with Crippen LogP contribution in [0.5, 0.6) is 0 Å². The van der Waals surface area contributed by atoms with Gasteiger partial charge < -0.3 is 4.98 Å². The number of nitro groups is 1. The van der Waals surface area contributed by atoms with Crippen molar-refractivity contribution in [2.75, 3.05) is 0 Å². The molecule has 0 saturated carbocycles. The zero-order chi connectivity index (χ0) is 9.26. The number of aromatic nitrogens is 2. The highest BCUT2D eigenvalue weighted by Gasteiger charge is 2.06. The minimum absolute atomic E-state index is 0.255. The van der Waals surface area contributed by atoms with Crippen LogP contribution in [0.1, 0.15) is 5.82 Å². The molecule has 0 fully saturated rings. The van der Waals surface area contributed by atoms with Gasteiger partial charge in [0, 0.05) is 4.92 Å². The normalized spacial score (nSPS) is 10.5. The molecule has 2 aromatic rings. The van der Waals surface area contributed by atoms with E-state index in [1.165, 1.54) is 0 Å². The Morgan fingerprint density at radius 1 is 1.46 bits per heavy atom. The van der Waals surface area contributed by atoms with Gasteiger partial charge in [0.1, 0.15) is 0 Å². The molecule has 0 amide bonds. The van der Waals surface area contributed by atoms with E-state index < -0.39 is 4.92 Å². The Morgan fingerprint density at radius 2 is 2.23 bits per heavy atom. The van der Waals surface area contributed by atoms with Gasteiger partial charge in [-0.25, -0.2) is 4.98 Å². The number of hydrogen-bond donors (Lipinski definition) is 1. The van der Waals surface area contributed by atoms with Gasteiger partial charge in [-0.15, -0.1) is 0 Å². The highest BCUT2D eigenvalue weighted by Crippen LogP contribution is 2.10. The Bertz CT molecular complexity index is 416. The predicted molar refractivity (Wildman–Crippen MR) is 46.8 cm³/mol. The van der Waals surface area contributed by atoms with E-state index in [1.807, 2.05) is 24.3 Å². The predicted octanol–water partition coefficient (Wildman–Crippen LogP) is 1.34. The summed E-state index contributed by atoms with van der Waals surface area (Å²) in [6.07, 6.45) is 0. The summed E-state index contributed by atoms with van der Waals surface area (Å²) < 4.78 is 0. The quantitative estimate of drug-likeness (QED) is 0.555. The second-order valence-electron chi connectivity index (χ2n) is 2.69. The molecule has 0 aliphatic rings. The zero-order valence-electron chi connectivity index (χ0n) is 6.73. The van der Waals surface area contributed by atoms with Crippen molar-refractivity contribution >= 4 is 11.0 Å². The lowest BCUT2D eigenvalue weighted by Crippen LogP contribution is -1.99. The molecule has 2 rings (SSSR count). The van der Waals surface area contributed by atoms with Crippen LogP contribution in [0, 0.1) is 10.1 Å². The number of imidazole rings is 1. The molecule has 1 N–H and O–H groups in total. The molecule has 1 aromatic carbocycles. The van der Waals surface area contributed by atoms with Crippen molar-refractivity contribution < 1.29 is 4.92 Å². The third-order valence-corrected chi connectivity index (χ3v) is 1.72. The molecule has 0 bridgehead atoms. The van der Waals surface area contributed by atoms with Crippen molar-refractivity contribution in [3.63, 3.8) is 0 Å². The van der Waals surface area contributed by atoms with E-state index >= 15 is 0 Å². The number of nitrogens with one attached hydrogen (secondary N) is 1. The maximum absolute atomic E-state index is 10.2. The summed E-state index contributed by atoms with van der Waals surface area (Å²) in [4.78, 5) is 16.7. The highest BCUT2D eigenvalue weighted by molar-refractivity contribution is 5.74. The molecule has 0 radical (unpaired) electrons. The molecule has 0 aliphatic carbocycles. The van der Waals surface area contributed by atoms with Crippen LogP contribution in [0.2, 0.25) is 0 Å². The number of para-hydroxylation sites is 2. The molecule has 0 spiro atoms. The van der Waals surface area contributed by atoms with Crippen LogP contribution >= 0.6 is 0 Å². The van der Waals surface area contributed by atoms with Crippen LogP contribution in [0.3, 0.4) is 0 Å². The Balaban J connectivity index is 2.44. The Labute approximate surface area is 73.6 Å². The molecule has 0 saturated heterocycles. The van der Waals surface area contributed by atoms with Crippen LogP contribution < -0.4 is 0 Å². The Hall–Kier alpha value is -1.91. The topological polar surface area (TPSA) is 71.8 Å². The Morgan fingerprint density at radius 3 is 2.92 bits per heavy atom. The molecule has 1 heterocycles. The molecule has 13 heavy (non-hydrogen) atoms. The molecule has 0 aliphatic heterocycles. The molecular weight excluding hydrogens is 170 g/mol. The molecule has 0 unspecified atom stereocenters. The average molecular weight is 177 g/mol. The SMILES string of the molecule is O=[N+]([O-])Cc1nc2ccccc2[nH]1. The lowest BCUT2D eigenvalue weighted by atomic mass is 10.3. The largest absolute Gasteiger partial charge is 0.336 e. The standard InChI is InChI=1S/C8H7N3O2/c12-11(13)5-8-9-6-3-1-2-4-7(6)10-8/h1-4H,5H2,(H,9,10). The highest BCUT2D eigenvalue weighted by atomic mass is 16.6. The zero-order valence-corrected chi connectivity index (χ0v) is 6.73. The number of rotatable bonds is 2.